The van der Waals surface area contributed by atoms with Crippen LogP contribution < -0.4 is 4.72 Å². The molecule has 29 heavy (non-hydrogen) atoms. The van der Waals surface area contributed by atoms with Crippen LogP contribution in [-0.4, -0.2) is 35.5 Å². The lowest BCUT2D eigenvalue weighted by Gasteiger charge is -2.25. The zero-order valence-electron chi connectivity index (χ0n) is 16.0. The first-order chi connectivity index (χ1) is 14.1. The average molecular weight is 433 g/mol. The van der Waals surface area contributed by atoms with E-state index in [0.717, 1.165) is 23.8 Å². The summed E-state index contributed by atoms with van der Waals surface area (Å²) in [4.78, 5) is 0.274. The van der Waals surface area contributed by atoms with Crippen molar-refractivity contribution in [3.63, 3.8) is 0 Å². The molecule has 0 amide bonds. The largest absolute Gasteiger partial charge is 0.461 e. The van der Waals surface area contributed by atoms with Gasteiger partial charge in [-0.2, -0.15) is 0 Å². The van der Waals surface area contributed by atoms with Gasteiger partial charge in [0.2, 0.25) is 15.8 Å². The van der Waals surface area contributed by atoms with Gasteiger partial charge in [-0.15, -0.1) is 10.2 Å². The molecule has 9 heteroatoms. The van der Waals surface area contributed by atoms with Gasteiger partial charge >= 0.3 is 0 Å². The van der Waals surface area contributed by atoms with E-state index in [4.69, 9.17) is 4.42 Å². The lowest BCUT2D eigenvalue weighted by atomic mass is 9.95. The van der Waals surface area contributed by atoms with Crippen LogP contribution in [0.5, 0.6) is 0 Å². The predicted octanol–water partition coefficient (Wildman–Crippen LogP) is 4.11. The highest BCUT2D eigenvalue weighted by Gasteiger charge is 2.25. The van der Waals surface area contributed by atoms with Crippen molar-refractivity contribution < 1.29 is 12.8 Å². The molecule has 2 aromatic heterocycles. The number of hydrogen-bond donors (Lipinski definition) is 1. The SMILES string of the molecule is O=S(=O)(NCCSc1nnc(-c2ccco2)n1C1CCCCC1)c1ccccc1. The first-order valence-corrected chi connectivity index (χ1v) is 12.3. The first kappa shape index (κ1) is 20.2. The Kier molecular flexibility index (Phi) is 6.37. The van der Waals surface area contributed by atoms with Crippen molar-refractivity contribution in [3.8, 4) is 11.6 Å². The van der Waals surface area contributed by atoms with E-state index in [2.05, 4.69) is 19.5 Å². The van der Waals surface area contributed by atoms with Gasteiger partial charge in [-0.3, -0.25) is 4.57 Å². The Bertz CT molecular complexity index is 1010. The van der Waals surface area contributed by atoms with Gasteiger partial charge < -0.3 is 4.42 Å². The smallest absolute Gasteiger partial charge is 0.240 e. The van der Waals surface area contributed by atoms with Gasteiger partial charge in [-0.1, -0.05) is 49.2 Å². The van der Waals surface area contributed by atoms with Crippen LogP contribution in [0.25, 0.3) is 11.6 Å². The van der Waals surface area contributed by atoms with Crippen molar-refractivity contribution in [2.45, 2.75) is 48.2 Å². The van der Waals surface area contributed by atoms with Gasteiger partial charge in [-0.05, 0) is 37.1 Å². The Balaban J connectivity index is 1.45. The predicted molar refractivity (Wildman–Crippen MR) is 112 cm³/mol. The topological polar surface area (TPSA) is 90.0 Å². The summed E-state index contributed by atoms with van der Waals surface area (Å²) >= 11 is 1.52. The van der Waals surface area contributed by atoms with Crippen molar-refractivity contribution >= 4 is 21.8 Å². The number of rotatable bonds is 8. The van der Waals surface area contributed by atoms with Gasteiger partial charge in [0.25, 0.3) is 0 Å². The normalized spacial score (nSPS) is 15.6. The lowest BCUT2D eigenvalue weighted by molar-refractivity contribution is 0.337. The second kappa shape index (κ2) is 9.15. The highest BCUT2D eigenvalue weighted by molar-refractivity contribution is 7.99. The summed E-state index contributed by atoms with van der Waals surface area (Å²) in [5.74, 6) is 2.02. The monoisotopic (exact) mass is 432 g/mol. The minimum atomic E-state index is -3.50. The van der Waals surface area contributed by atoms with E-state index in [1.54, 1.807) is 36.6 Å². The zero-order valence-corrected chi connectivity index (χ0v) is 17.7. The Labute approximate surface area is 175 Å². The van der Waals surface area contributed by atoms with E-state index >= 15 is 0 Å². The molecule has 0 bridgehead atoms. The molecule has 1 aromatic carbocycles. The van der Waals surface area contributed by atoms with Gasteiger partial charge in [-0.25, -0.2) is 13.1 Å². The third kappa shape index (κ3) is 4.73. The van der Waals surface area contributed by atoms with E-state index in [1.165, 1.54) is 31.0 Å². The molecular weight excluding hydrogens is 408 g/mol. The summed E-state index contributed by atoms with van der Waals surface area (Å²) in [5.41, 5.74) is 0. The molecule has 4 rings (SSSR count). The summed E-state index contributed by atoms with van der Waals surface area (Å²) in [6.45, 7) is 0.315. The van der Waals surface area contributed by atoms with Crippen molar-refractivity contribution in [1.29, 1.82) is 0 Å². The number of thioether (sulfide) groups is 1. The van der Waals surface area contributed by atoms with Crippen molar-refractivity contribution in [3.05, 3.63) is 48.7 Å². The maximum Gasteiger partial charge on any atom is 0.240 e. The standard InChI is InChI=1S/C20H24N4O3S2/c25-29(26,17-10-5-2-6-11-17)21-13-15-28-20-23-22-19(18-12-7-14-27-18)24(20)16-8-3-1-4-9-16/h2,5-7,10-12,14,16,21H,1,3-4,8-9,13,15H2. The minimum absolute atomic E-state index is 0.274. The number of aromatic nitrogens is 3. The van der Waals surface area contributed by atoms with Crippen LogP contribution in [0.15, 0.2) is 63.2 Å². The molecule has 2 heterocycles. The van der Waals surface area contributed by atoms with Gasteiger partial charge in [0.1, 0.15) is 0 Å². The fraction of sp³-hybridized carbons (Fsp3) is 0.400. The molecule has 0 atom stereocenters. The fourth-order valence-corrected chi connectivity index (χ4v) is 5.66. The lowest BCUT2D eigenvalue weighted by Crippen LogP contribution is -2.26. The van der Waals surface area contributed by atoms with Gasteiger partial charge in [0, 0.05) is 18.3 Å². The molecule has 1 saturated carbocycles. The summed E-state index contributed by atoms with van der Waals surface area (Å²) < 4.78 is 35.1. The van der Waals surface area contributed by atoms with E-state index in [9.17, 15) is 8.42 Å². The number of nitrogens with one attached hydrogen (secondary N) is 1. The maximum absolute atomic E-state index is 12.4. The summed E-state index contributed by atoms with van der Waals surface area (Å²) in [6, 6.07) is 12.5. The summed E-state index contributed by atoms with van der Waals surface area (Å²) in [6.07, 6.45) is 7.49. The molecule has 1 aliphatic carbocycles. The quantitative estimate of drug-likeness (QED) is 0.425. The molecule has 1 fully saturated rings. The molecule has 0 unspecified atom stereocenters. The van der Waals surface area contributed by atoms with Crippen LogP contribution >= 0.6 is 11.8 Å². The van der Waals surface area contributed by atoms with Crippen LogP contribution in [0.4, 0.5) is 0 Å². The Hall–Kier alpha value is -2.10. The molecule has 0 spiro atoms. The van der Waals surface area contributed by atoms with Crippen LogP contribution in [0.1, 0.15) is 38.1 Å². The van der Waals surface area contributed by atoms with E-state index in [0.29, 0.717) is 24.1 Å². The second-order valence-corrected chi connectivity index (χ2v) is 9.83. The highest BCUT2D eigenvalue weighted by Crippen LogP contribution is 2.35. The first-order valence-electron chi connectivity index (χ1n) is 9.81. The fourth-order valence-electron chi connectivity index (χ4n) is 3.62. The van der Waals surface area contributed by atoms with Crippen molar-refractivity contribution in [1.82, 2.24) is 19.5 Å². The third-order valence-electron chi connectivity index (χ3n) is 5.02. The van der Waals surface area contributed by atoms with Crippen LogP contribution in [0.3, 0.4) is 0 Å². The number of nitrogens with zero attached hydrogens (tertiary/aromatic N) is 3. The Morgan fingerprint density at radius 1 is 1.07 bits per heavy atom. The average Bonchev–Trinajstić information content (AvgIpc) is 3.42. The molecule has 1 N–H and O–H groups in total. The van der Waals surface area contributed by atoms with Gasteiger partial charge in [0.05, 0.1) is 11.2 Å². The number of furan rings is 1. The molecule has 1 aliphatic rings. The van der Waals surface area contributed by atoms with Crippen molar-refractivity contribution in [2.24, 2.45) is 0 Å². The number of benzene rings is 1. The molecule has 0 aliphatic heterocycles. The zero-order chi connectivity index (χ0) is 20.1. The van der Waals surface area contributed by atoms with Crippen LogP contribution in [-0.2, 0) is 10.0 Å². The summed E-state index contributed by atoms with van der Waals surface area (Å²) in [7, 11) is -3.50. The van der Waals surface area contributed by atoms with E-state index < -0.39 is 10.0 Å². The summed E-state index contributed by atoms with van der Waals surface area (Å²) in [5, 5.41) is 9.55. The molecule has 3 aromatic rings. The molecular formula is C20H24N4O3S2. The molecule has 0 saturated heterocycles. The Morgan fingerprint density at radius 2 is 1.86 bits per heavy atom. The number of sulfonamides is 1. The molecule has 7 nitrogen and oxygen atoms in total. The van der Waals surface area contributed by atoms with Crippen molar-refractivity contribution in [2.75, 3.05) is 12.3 Å². The third-order valence-corrected chi connectivity index (χ3v) is 7.45. The second-order valence-electron chi connectivity index (χ2n) is 7.00. The Morgan fingerprint density at radius 3 is 2.59 bits per heavy atom. The van der Waals surface area contributed by atoms with E-state index in [1.807, 2.05) is 12.1 Å². The van der Waals surface area contributed by atoms with E-state index in [-0.39, 0.29) is 4.90 Å². The maximum atomic E-state index is 12.4. The highest BCUT2D eigenvalue weighted by atomic mass is 32.2. The van der Waals surface area contributed by atoms with Crippen LogP contribution in [0.2, 0.25) is 0 Å². The van der Waals surface area contributed by atoms with Crippen LogP contribution in [0, 0.1) is 0 Å². The molecule has 0 radical (unpaired) electrons. The van der Waals surface area contributed by atoms with Gasteiger partial charge in [0.15, 0.2) is 10.9 Å². The number of hydrogen-bond acceptors (Lipinski definition) is 6. The minimum Gasteiger partial charge on any atom is -0.461 e. The molecule has 154 valence electrons.